The third kappa shape index (κ3) is 2.59. The summed E-state index contributed by atoms with van der Waals surface area (Å²) in [6, 6.07) is 0. The lowest BCUT2D eigenvalue weighted by Gasteiger charge is -2.03. The maximum absolute atomic E-state index is 12.2. The molecule has 0 aromatic carbocycles. The standard InChI is InChI=1S/C6H4F6N2S/c7-5(8,9)3-2(1-13)15-4(14-3)6(10,11)12/h1,13H2. The number of hydrogen-bond donors (Lipinski definition) is 1. The van der Waals surface area contributed by atoms with Crippen LogP contribution in [0.2, 0.25) is 0 Å². The van der Waals surface area contributed by atoms with Gasteiger partial charge in [0.1, 0.15) is 0 Å². The van der Waals surface area contributed by atoms with Crippen LogP contribution in [0.1, 0.15) is 15.6 Å². The van der Waals surface area contributed by atoms with Crippen molar-refractivity contribution in [3.63, 3.8) is 0 Å². The van der Waals surface area contributed by atoms with Crippen molar-refractivity contribution in [2.24, 2.45) is 5.73 Å². The molecule has 9 heteroatoms. The Labute approximate surface area is 83.7 Å². The first-order valence-electron chi connectivity index (χ1n) is 3.50. The van der Waals surface area contributed by atoms with Gasteiger partial charge in [-0.15, -0.1) is 11.3 Å². The van der Waals surface area contributed by atoms with Crippen LogP contribution in [0.25, 0.3) is 0 Å². The molecule has 1 heterocycles. The third-order valence-corrected chi connectivity index (χ3v) is 2.52. The summed E-state index contributed by atoms with van der Waals surface area (Å²) in [5.74, 6) is 0. The highest BCUT2D eigenvalue weighted by atomic mass is 32.1. The number of rotatable bonds is 1. The molecule has 15 heavy (non-hydrogen) atoms. The Morgan fingerprint density at radius 1 is 1.07 bits per heavy atom. The van der Waals surface area contributed by atoms with Crippen molar-refractivity contribution in [1.82, 2.24) is 4.98 Å². The van der Waals surface area contributed by atoms with E-state index in [2.05, 4.69) is 4.98 Å². The summed E-state index contributed by atoms with van der Waals surface area (Å²) in [7, 11) is 0. The van der Waals surface area contributed by atoms with Gasteiger partial charge < -0.3 is 5.73 Å². The maximum Gasteiger partial charge on any atom is 0.443 e. The lowest BCUT2D eigenvalue weighted by Crippen LogP contribution is -2.11. The second kappa shape index (κ2) is 3.63. The van der Waals surface area contributed by atoms with E-state index in [4.69, 9.17) is 5.73 Å². The molecule has 0 saturated heterocycles. The lowest BCUT2D eigenvalue weighted by atomic mass is 10.3. The molecule has 86 valence electrons. The number of alkyl halides is 6. The summed E-state index contributed by atoms with van der Waals surface area (Å²) in [5.41, 5.74) is 3.35. The minimum Gasteiger partial charge on any atom is -0.326 e. The van der Waals surface area contributed by atoms with Crippen LogP contribution >= 0.6 is 11.3 Å². The van der Waals surface area contributed by atoms with Crippen LogP contribution in [0.3, 0.4) is 0 Å². The zero-order valence-electron chi connectivity index (χ0n) is 6.91. The van der Waals surface area contributed by atoms with Gasteiger partial charge in [-0.05, 0) is 0 Å². The summed E-state index contributed by atoms with van der Waals surface area (Å²) in [4.78, 5) is 1.90. The van der Waals surface area contributed by atoms with Crippen LogP contribution in [0.15, 0.2) is 0 Å². The Hall–Kier alpha value is -0.830. The van der Waals surface area contributed by atoms with Crippen LogP contribution in [-0.4, -0.2) is 4.98 Å². The number of hydrogen-bond acceptors (Lipinski definition) is 3. The maximum atomic E-state index is 12.2. The molecule has 0 spiro atoms. The molecule has 0 bridgehead atoms. The molecule has 0 atom stereocenters. The fourth-order valence-corrected chi connectivity index (χ4v) is 1.66. The van der Waals surface area contributed by atoms with Crippen LogP contribution in [0.4, 0.5) is 26.3 Å². The third-order valence-electron chi connectivity index (χ3n) is 1.39. The first-order chi connectivity index (χ1) is 6.66. The normalized spacial score (nSPS) is 13.3. The zero-order valence-corrected chi connectivity index (χ0v) is 7.72. The molecule has 0 saturated carbocycles. The van der Waals surface area contributed by atoms with E-state index in [0.29, 0.717) is 0 Å². The van der Waals surface area contributed by atoms with Gasteiger partial charge in [0.15, 0.2) is 10.7 Å². The summed E-state index contributed by atoms with van der Waals surface area (Å²) >= 11 is -0.0878. The quantitative estimate of drug-likeness (QED) is 0.778. The van der Waals surface area contributed by atoms with Crippen molar-refractivity contribution >= 4 is 11.3 Å². The van der Waals surface area contributed by atoms with E-state index >= 15 is 0 Å². The van der Waals surface area contributed by atoms with Crippen molar-refractivity contribution in [2.75, 3.05) is 0 Å². The minimum absolute atomic E-state index is 0.0878. The molecule has 0 fully saturated rings. The number of thiazole rings is 1. The predicted molar refractivity (Wildman–Crippen MR) is 40.0 cm³/mol. The first-order valence-corrected chi connectivity index (χ1v) is 4.32. The van der Waals surface area contributed by atoms with Gasteiger partial charge >= 0.3 is 12.4 Å². The van der Waals surface area contributed by atoms with Gasteiger partial charge in [0.05, 0.1) is 4.88 Å². The van der Waals surface area contributed by atoms with E-state index < -0.39 is 34.5 Å². The Kier molecular flexibility index (Phi) is 2.97. The van der Waals surface area contributed by atoms with E-state index in [9.17, 15) is 26.3 Å². The molecule has 0 amide bonds. The largest absolute Gasteiger partial charge is 0.443 e. The highest BCUT2D eigenvalue weighted by Crippen LogP contribution is 2.39. The van der Waals surface area contributed by atoms with Crippen LogP contribution in [0.5, 0.6) is 0 Å². The molecule has 2 N–H and O–H groups in total. The van der Waals surface area contributed by atoms with Gasteiger partial charge in [0.2, 0.25) is 0 Å². The second-order valence-electron chi connectivity index (χ2n) is 2.49. The van der Waals surface area contributed by atoms with Gasteiger partial charge in [-0.3, -0.25) is 0 Å². The molecule has 0 aliphatic rings. The SMILES string of the molecule is NCc1sc(C(F)(F)F)nc1C(F)(F)F. The number of nitrogens with zero attached hydrogens (tertiary/aromatic N) is 1. The fourth-order valence-electron chi connectivity index (χ4n) is 0.833. The molecule has 1 aromatic heterocycles. The van der Waals surface area contributed by atoms with Crippen molar-refractivity contribution in [3.8, 4) is 0 Å². The highest BCUT2D eigenvalue weighted by molar-refractivity contribution is 7.11. The van der Waals surface area contributed by atoms with Gasteiger partial charge in [-0.1, -0.05) is 0 Å². The number of nitrogens with two attached hydrogens (primary N) is 1. The van der Waals surface area contributed by atoms with Crippen LogP contribution < -0.4 is 5.73 Å². The first kappa shape index (κ1) is 12.2. The van der Waals surface area contributed by atoms with Crippen LogP contribution in [0, 0.1) is 0 Å². The van der Waals surface area contributed by atoms with Gasteiger partial charge in [0, 0.05) is 6.54 Å². The molecular weight excluding hydrogens is 246 g/mol. The summed E-state index contributed by atoms with van der Waals surface area (Å²) < 4.78 is 72.6. The van der Waals surface area contributed by atoms with E-state index in [1.54, 1.807) is 0 Å². The molecular formula is C6H4F6N2S. The molecule has 0 unspecified atom stereocenters. The average molecular weight is 250 g/mol. The summed E-state index contributed by atoms with van der Waals surface area (Å²) in [5, 5.41) is -1.53. The minimum atomic E-state index is -4.91. The van der Waals surface area contributed by atoms with Crippen molar-refractivity contribution < 1.29 is 26.3 Å². The smallest absolute Gasteiger partial charge is 0.326 e. The molecule has 0 radical (unpaired) electrons. The lowest BCUT2D eigenvalue weighted by molar-refractivity contribution is -0.147. The van der Waals surface area contributed by atoms with E-state index in [-0.39, 0.29) is 11.3 Å². The second-order valence-corrected chi connectivity index (χ2v) is 3.57. The Morgan fingerprint density at radius 2 is 1.60 bits per heavy atom. The predicted octanol–water partition coefficient (Wildman–Crippen LogP) is 2.64. The molecule has 0 aliphatic heterocycles. The van der Waals surface area contributed by atoms with Crippen molar-refractivity contribution in [1.29, 1.82) is 0 Å². The van der Waals surface area contributed by atoms with Crippen molar-refractivity contribution in [2.45, 2.75) is 18.9 Å². The topological polar surface area (TPSA) is 38.9 Å². The number of aromatic nitrogens is 1. The van der Waals surface area contributed by atoms with Crippen LogP contribution in [-0.2, 0) is 18.9 Å². The summed E-state index contributed by atoms with van der Waals surface area (Å²) in [6.07, 6.45) is -9.78. The summed E-state index contributed by atoms with van der Waals surface area (Å²) in [6.45, 7) is -0.622. The number of halogens is 6. The average Bonchev–Trinajstić information content (AvgIpc) is 2.44. The van der Waals surface area contributed by atoms with Gasteiger partial charge in [-0.25, -0.2) is 4.98 Å². The highest BCUT2D eigenvalue weighted by Gasteiger charge is 2.42. The molecule has 2 nitrogen and oxygen atoms in total. The van der Waals surface area contributed by atoms with Crippen molar-refractivity contribution in [3.05, 3.63) is 15.6 Å². The Bertz CT molecular complexity index is 351. The Balaban J connectivity index is 3.24. The van der Waals surface area contributed by atoms with Gasteiger partial charge in [-0.2, -0.15) is 26.3 Å². The Morgan fingerprint density at radius 3 is 1.87 bits per heavy atom. The zero-order chi connectivity index (χ0) is 11.9. The van der Waals surface area contributed by atoms with E-state index in [1.165, 1.54) is 0 Å². The molecule has 1 aromatic rings. The molecule has 0 aliphatic carbocycles. The fraction of sp³-hybridized carbons (Fsp3) is 0.500. The van der Waals surface area contributed by atoms with E-state index in [1.807, 2.05) is 0 Å². The van der Waals surface area contributed by atoms with Gasteiger partial charge in [0.25, 0.3) is 0 Å². The molecule has 1 rings (SSSR count). The monoisotopic (exact) mass is 250 g/mol. The van der Waals surface area contributed by atoms with E-state index in [0.717, 1.165) is 0 Å².